The first-order chi connectivity index (χ1) is 9.35. The van der Waals surface area contributed by atoms with Crippen molar-refractivity contribution < 1.29 is 4.74 Å². The van der Waals surface area contributed by atoms with Gasteiger partial charge in [0, 0.05) is 24.8 Å². The summed E-state index contributed by atoms with van der Waals surface area (Å²) in [5.74, 6) is 1.10. The standard InChI is InChI=1S/C13H15N5O/c1-19-12-6-11(16-8-17-12)13-14-5-4-10(18-13)7-15-9-2-3-9/h4-6,8-9,15H,2-3,7H2,1H3. The number of methoxy groups -OCH3 is 1. The van der Waals surface area contributed by atoms with Crippen LogP contribution in [0.3, 0.4) is 0 Å². The zero-order valence-corrected chi connectivity index (χ0v) is 10.7. The molecule has 2 aromatic heterocycles. The van der Waals surface area contributed by atoms with Crippen molar-refractivity contribution in [2.75, 3.05) is 7.11 Å². The van der Waals surface area contributed by atoms with Crippen LogP contribution in [0, 0.1) is 0 Å². The van der Waals surface area contributed by atoms with E-state index in [0.29, 0.717) is 23.4 Å². The van der Waals surface area contributed by atoms with Gasteiger partial charge in [0.25, 0.3) is 0 Å². The lowest BCUT2D eigenvalue weighted by atomic mass is 10.3. The van der Waals surface area contributed by atoms with Crippen molar-refractivity contribution in [1.29, 1.82) is 0 Å². The summed E-state index contributed by atoms with van der Waals surface area (Å²) in [5.41, 5.74) is 1.63. The molecular formula is C13H15N5O. The van der Waals surface area contributed by atoms with Crippen LogP contribution >= 0.6 is 0 Å². The highest BCUT2D eigenvalue weighted by Crippen LogP contribution is 2.19. The molecule has 1 fully saturated rings. The van der Waals surface area contributed by atoms with Crippen molar-refractivity contribution >= 4 is 0 Å². The van der Waals surface area contributed by atoms with E-state index in [1.807, 2.05) is 6.07 Å². The van der Waals surface area contributed by atoms with Crippen LogP contribution in [-0.4, -0.2) is 33.1 Å². The maximum atomic E-state index is 5.07. The Morgan fingerprint density at radius 2 is 2.21 bits per heavy atom. The topological polar surface area (TPSA) is 72.8 Å². The van der Waals surface area contributed by atoms with Crippen LogP contribution in [0.1, 0.15) is 18.5 Å². The van der Waals surface area contributed by atoms with Gasteiger partial charge < -0.3 is 10.1 Å². The Bertz CT molecular complexity index is 570. The third-order valence-corrected chi connectivity index (χ3v) is 2.94. The Labute approximate surface area is 111 Å². The highest BCUT2D eigenvalue weighted by Gasteiger charge is 2.20. The normalized spacial score (nSPS) is 14.4. The molecule has 0 unspecified atom stereocenters. The smallest absolute Gasteiger partial charge is 0.216 e. The van der Waals surface area contributed by atoms with E-state index >= 15 is 0 Å². The average molecular weight is 257 g/mol. The SMILES string of the molecule is COc1cc(-c2nccc(CNC3CC3)n2)ncn1. The van der Waals surface area contributed by atoms with Crippen molar-refractivity contribution in [3.8, 4) is 17.4 Å². The number of ether oxygens (including phenoxy) is 1. The highest BCUT2D eigenvalue weighted by molar-refractivity contribution is 5.49. The van der Waals surface area contributed by atoms with Crippen LogP contribution in [0.4, 0.5) is 0 Å². The minimum Gasteiger partial charge on any atom is -0.481 e. The molecule has 0 bridgehead atoms. The van der Waals surface area contributed by atoms with E-state index < -0.39 is 0 Å². The van der Waals surface area contributed by atoms with Gasteiger partial charge in [-0.2, -0.15) is 0 Å². The summed E-state index contributed by atoms with van der Waals surface area (Å²) in [6, 6.07) is 4.31. The van der Waals surface area contributed by atoms with E-state index in [4.69, 9.17) is 4.74 Å². The number of hydrogen-bond donors (Lipinski definition) is 1. The van der Waals surface area contributed by atoms with Gasteiger partial charge in [0.2, 0.25) is 5.88 Å². The fourth-order valence-corrected chi connectivity index (χ4v) is 1.73. The van der Waals surface area contributed by atoms with E-state index in [2.05, 4.69) is 25.3 Å². The van der Waals surface area contributed by atoms with Crippen LogP contribution < -0.4 is 10.1 Å². The summed E-state index contributed by atoms with van der Waals surface area (Å²) in [4.78, 5) is 16.9. The number of rotatable bonds is 5. The van der Waals surface area contributed by atoms with Crippen LogP contribution in [0.2, 0.25) is 0 Å². The lowest BCUT2D eigenvalue weighted by Gasteiger charge is -2.05. The molecule has 6 nitrogen and oxygen atoms in total. The summed E-state index contributed by atoms with van der Waals surface area (Å²) < 4.78 is 5.07. The minimum atomic E-state index is 0.509. The van der Waals surface area contributed by atoms with E-state index in [1.165, 1.54) is 19.2 Å². The molecule has 0 aromatic carbocycles. The molecule has 2 heterocycles. The Kier molecular flexibility index (Phi) is 3.33. The lowest BCUT2D eigenvalue weighted by molar-refractivity contribution is 0.397. The van der Waals surface area contributed by atoms with E-state index in [1.54, 1.807) is 19.4 Å². The molecule has 0 aliphatic heterocycles. The molecule has 98 valence electrons. The molecule has 1 aliphatic carbocycles. The van der Waals surface area contributed by atoms with Gasteiger partial charge in [0.15, 0.2) is 5.82 Å². The summed E-state index contributed by atoms with van der Waals surface area (Å²) in [7, 11) is 1.57. The molecule has 1 N–H and O–H groups in total. The first kappa shape index (κ1) is 12.0. The molecule has 6 heteroatoms. The molecule has 0 radical (unpaired) electrons. The first-order valence-corrected chi connectivity index (χ1v) is 6.27. The summed E-state index contributed by atoms with van der Waals surface area (Å²) >= 11 is 0. The molecule has 0 amide bonds. The van der Waals surface area contributed by atoms with Crippen molar-refractivity contribution in [3.63, 3.8) is 0 Å². The zero-order valence-electron chi connectivity index (χ0n) is 10.7. The van der Waals surface area contributed by atoms with Crippen molar-refractivity contribution in [2.45, 2.75) is 25.4 Å². The quantitative estimate of drug-likeness (QED) is 0.867. The molecule has 2 aromatic rings. The lowest BCUT2D eigenvalue weighted by Crippen LogP contribution is -2.16. The van der Waals surface area contributed by atoms with Gasteiger partial charge in [0.1, 0.15) is 12.0 Å². The molecule has 1 saturated carbocycles. The predicted molar refractivity (Wildman–Crippen MR) is 69.5 cm³/mol. The van der Waals surface area contributed by atoms with Gasteiger partial charge >= 0.3 is 0 Å². The Balaban J connectivity index is 1.80. The third-order valence-electron chi connectivity index (χ3n) is 2.94. The van der Waals surface area contributed by atoms with Crippen LogP contribution in [-0.2, 0) is 6.54 Å². The second-order valence-electron chi connectivity index (χ2n) is 4.47. The Hall–Kier alpha value is -2.08. The first-order valence-electron chi connectivity index (χ1n) is 6.27. The fourth-order valence-electron chi connectivity index (χ4n) is 1.73. The number of hydrogen-bond acceptors (Lipinski definition) is 6. The van der Waals surface area contributed by atoms with Crippen molar-refractivity contribution in [1.82, 2.24) is 25.3 Å². The molecule has 0 spiro atoms. The van der Waals surface area contributed by atoms with Crippen LogP contribution in [0.15, 0.2) is 24.7 Å². The van der Waals surface area contributed by atoms with Gasteiger partial charge in [-0.1, -0.05) is 0 Å². The van der Waals surface area contributed by atoms with Gasteiger partial charge in [-0.25, -0.2) is 19.9 Å². The minimum absolute atomic E-state index is 0.509. The maximum absolute atomic E-state index is 5.07. The fraction of sp³-hybridized carbons (Fsp3) is 0.385. The van der Waals surface area contributed by atoms with Gasteiger partial charge in [0.05, 0.1) is 12.8 Å². The molecule has 0 saturated heterocycles. The Morgan fingerprint density at radius 3 is 3.00 bits per heavy atom. The van der Waals surface area contributed by atoms with Crippen molar-refractivity contribution in [2.24, 2.45) is 0 Å². The molecular weight excluding hydrogens is 242 g/mol. The van der Waals surface area contributed by atoms with Gasteiger partial charge in [-0.3, -0.25) is 0 Å². The predicted octanol–water partition coefficient (Wildman–Crippen LogP) is 1.19. The maximum Gasteiger partial charge on any atom is 0.216 e. The molecule has 0 atom stereocenters. The van der Waals surface area contributed by atoms with Crippen LogP contribution in [0.25, 0.3) is 11.5 Å². The van der Waals surface area contributed by atoms with E-state index in [9.17, 15) is 0 Å². The monoisotopic (exact) mass is 257 g/mol. The summed E-state index contributed by atoms with van der Waals surface area (Å²) in [5, 5.41) is 3.43. The average Bonchev–Trinajstić information content (AvgIpc) is 3.30. The molecule has 19 heavy (non-hydrogen) atoms. The van der Waals surface area contributed by atoms with Gasteiger partial charge in [-0.05, 0) is 18.9 Å². The summed E-state index contributed by atoms with van der Waals surface area (Å²) in [6.45, 7) is 0.766. The van der Waals surface area contributed by atoms with Crippen LogP contribution in [0.5, 0.6) is 5.88 Å². The molecule has 1 aliphatic rings. The summed E-state index contributed by atoms with van der Waals surface area (Å²) in [6.07, 6.45) is 5.73. The second kappa shape index (κ2) is 5.27. The van der Waals surface area contributed by atoms with E-state index in [0.717, 1.165) is 12.2 Å². The van der Waals surface area contributed by atoms with Crippen molar-refractivity contribution in [3.05, 3.63) is 30.4 Å². The zero-order chi connectivity index (χ0) is 13.1. The third kappa shape index (κ3) is 3.03. The van der Waals surface area contributed by atoms with E-state index in [-0.39, 0.29) is 0 Å². The Morgan fingerprint density at radius 1 is 1.32 bits per heavy atom. The second-order valence-corrected chi connectivity index (χ2v) is 4.47. The largest absolute Gasteiger partial charge is 0.481 e. The number of nitrogens with one attached hydrogen (secondary N) is 1. The highest BCUT2D eigenvalue weighted by atomic mass is 16.5. The molecule has 3 rings (SSSR count). The number of aromatic nitrogens is 4. The number of nitrogens with zero attached hydrogens (tertiary/aromatic N) is 4. The van der Waals surface area contributed by atoms with Gasteiger partial charge in [-0.15, -0.1) is 0 Å².